The number of nitrogens with zero attached hydrogens (tertiary/aromatic N) is 2. The molecule has 1 heterocycles. The Labute approximate surface area is 137 Å². The summed E-state index contributed by atoms with van der Waals surface area (Å²) in [6.45, 7) is 6.75. The second-order valence-corrected chi connectivity index (χ2v) is 4.97. The highest BCUT2D eigenvalue weighted by atomic mass is 16.5. The van der Waals surface area contributed by atoms with E-state index < -0.39 is 0 Å². The van der Waals surface area contributed by atoms with Crippen molar-refractivity contribution in [1.82, 2.24) is 15.6 Å². The number of nitrogens with one attached hydrogen (secondary N) is 2. The van der Waals surface area contributed by atoms with Crippen molar-refractivity contribution < 1.29 is 4.74 Å². The van der Waals surface area contributed by atoms with Gasteiger partial charge in [-0.3, -0.25) is 0 Å². The second-order valence-electron chi connectivity index (χ2n) is 4.97. The predicted octanol–water partition coefficient (Wildman–Crippen LogP) is 2.74. The van der Waals surface area contributed by atoms with Gasteiger partial charge in [0.05, 0.1) is 13.2 Å². The molecule has 0 aliphatic heterocycles. The van der Waals surface area contributed by atoms with Gasteiger partial charge in [0.15, 0.2) is 5.96 Å². The average molecular weight is 312 g/mol. The van der Waals surface area contributed by atoms with Gasteiger partial charge in [-0.05, 0) is 31.0 Å². The number of guanidine groups is 1. The first kappa shape index (κ1) is 16.8. The van der Waals surface area contributed by atoms with Gasteiger partial charge in [0, 0.05) is 25.4 Å². The van der Waals surface area contributed by atoms with Gasteiger partial charge < -0.3 is 15.4 Å². The average Bonchev–Trinajstić information content (AvgIpc) is 2.59. The summed E-state index contributed by atoms with van der Waals surface area (Å²) in [6.07, 6.45) is 1.75. The molecular formula is C18H24N4O. The number of aromatic nitrogens is 1. The highest BCUT2D eigenvalue weighted by Crippen LogP contribution is 2.10. The van der Waals surface area contributed by atoms with Crippen LogP contribution >= 0.6 is 0 Å². The molecule has 2 aromatic rings. The fourth-order valence-electron chi connectivity index (χ4n) is 2.07. The van der Waals surface area contributed by atoms with E-state index in [1.165, 1.54) is 5.56 Å². The SMILES string of the molecule is CCNC(=NCc1ccnc(OCC)c1)NCc1ccccc1. The summed E-state index contributed by atoms with van der Waals surface area (Å²) in [5.74, 6) is 1.44. The van der Waals surface area contributed by atoms with Gasteiger partial charge in [0.25, 0.3) is 0 Å². The summed E-state index contributed by atoms with van der Waals surface area (Å²) in [5, 5.41) is 6.59. The van der Waals surface area contributed by atoms with Gasteiger partial charge in [0.1, 0.15) is 0 Å². The Kier molecular flexibility index (Phi) is 6.91. The maximum atomic E-state index is 5.42. The van der Waals surface area contributed by atoms with Gasteiger partial charge in [0.2, 0.25) is 5.88 Å². The van der Waals surface area contributed by atoms with Crippen molar-refractivity contribution >= 4 is 5.96 Å². The van der Waals surface area contributed by atoms with Crippen molar-refractivity contribution in [2.45, 2.75) is 26.9 Å². The molecule has 0 aliphatic rings. The lowest BCUT2D eigenvalue weighted by Crippen LogP contribution is -2.36. The number of hydrogen-bond acceptors (Lipinski definition) is 3. The van der Waals surface area contributed by atoms with Crippen LogP contribution in [-0.2, 0) is 13.1 Å². The lowest BCUT2D eigenvalue weighted by Gasteiger charge is -2.11. The Hall–Kier alpha value is -2.56. The van der Waals surface area contributed by atoms with Crippen LogP contribution in [0.5, 0.6) is 5.88 Å². The zero-order valence-corrected chi connectivity index (χ0v) is 13.7. The Bertz CT molecular complexity index is 613. The third-order valence-electron chi connectivity index (χ3n) is 3.16. The van der Waals surface area contributed by atoms with Crippen LogP contribution in [0.1, 0.15) is 25.0 Å². The Morgan fingerprint density at radius 1 is 1.09 bits per heavy atom. The fraction of sp³-hybridized carbons (Fsp3) is 0.333. The van der Waals surface area contributed by atoms with Gasteiger partial charge in [-0.1, -0.05) is 30.3 Å². The molecule has 5 heteroatoms. The molecule has 0 radical (unpaired) electrons. The second kappa shape index (κ2) is 9.46. The van der Waals surface area contributed by atoms with Crippen LogP contribution in [-0.4, -0.2) is 24.1 Å². The maximum Gasteiger partial charge on any atom is 0.213 e. The van der Waals surface area contributed by atoms with E-state index >= 15 is 0 Å². The molecule has 2 N–H and O–H groups in total. The topological polar surface area (TPSA) is 58.5 Å². The van der Waals surface area contributed by atoms with Crippen molar-refractivity contribution in [3.63, 3.8) is 0 Å². The third kappa shape index (κ3) is 5.98. The first-order valence-corrected chi connectivity index (χ1v) is 7.95. The van der Waals surface area contributed by atoms with E-state index in [1.807, 2.05) is 37.3 Å². The Morgan fingerprint density at radius 3 is 2.65 bits per heavy atom. The van der Waals surface area contributed by atoms with Crippen LogP contribution < -0.4 is 15.4 Å². The van der Waals surface area contributed by atoms with Crippen molar-refractivity contribution in [2.24, 2.45) is 4.99 Å². The first-order chi connectivity index (χ1) is 11.3. The molecule has 122 valence electrons. The highest BCUT2D eigenvalue weighted by molar-refractivity contribution is 5.79. The van der Waals surface area contributed by atoms with Crippen LogP contribution in [0.3, 0.4) is 0 Å². The van der Waals surface area contributed by atoms with Crippen LogP contribution in [0.15, 0.2) is 53.7 Å². The molecule has 23 heavy (non-hydrogen) atoms. The zero-order valence-electron chi connectivity index (χ0n) is 13.7. The molecule has 1 aromatic carbocycles. The van der Waals surface area contributed by atoms with Crippen LogP contribution in [0.4, 0.5) is 0 Å². The largest absolute Gasteiger partial charge is 0.478 e. The van der Waals surface area contributed by atoms with E-state index in [2.05, 4.69) is 39.7 Å². The van der Waals surface area contributed by atoms with Gasteiger partial charge in [-0.25, -0.2) is 9.98 Å². The standard InChI is InChI=1S/C18H24N4O/c1-3-19-18(21-13-15-8-6-5-7-9-15)22-14-16-10-11-20-17(12-16)23-4-2/h5-12H,3-4,13-14H2,1-2H3,(H2,19,21,22). The number of ether oxygens (including phenoxy) is 1. The molecule has 0 bridgehead atoms. The summed E-state index contributed by atoms with van der Waals surface area (Å²) >= 11 is 0. The van der Waals surface area contributed by atoms with Gasteiger partial charge in [-0.15, -0.1) is 0 Å². The Morgan fingerprint density at radius 2 is 1.91 bits per heavy atom. The molecule has 0 unspecified atom stereocenters. The number of pyridine rings is 1. The number of rotatable bonds is 7. The maximum absolute atomic E-state index is 5.42. The summed E-state index contributed by atoms with van der Waals surface area (Å²) in [6, 6.07) is 14.1. The minimum absolute atomic E-state index is 0.576. The van der Waals surface area contributed by atoms with Crippen LogP contribution in [0.25, 0.3) is 0 Å². The smallest absolute Gasteiger partial charge is 0.213 e. The van der Waals surface area contributed by atoms with Crippen LogP contribution in [0.2, 0.25) is 0 Å². The molecular weight excluding hydrogens is 288 g/mol. The number of benzene rings is 1. The minimum atomic E-state index is 0.576. The van der Waals surface area contributed by atoms with Crippen molar-refractivity contribution in [2.75, 3.05) is 13.2 Å². The van der Waals surface area contributed by atoms with E-state index in [0.717, 1.165) is 24.6 Å². The minimum Gasteiger partial charge on any atom is -0.478 e. The molecule has 0 amide bonds. The van der Waals surface area contributed by atoms with E-state index in [4.69, 9.17) is 4.74 Å². The summed E-state index contributed by atoms with van der Waals surface area (Å²) in [4.78, 5) is 8.78. The van der Waals surface area contributed by atoms with E-state index in [1.54, 1.807) is 6.20 Å². The molecule has 5 nitrogen and oxygen atoms in total. The molecule has 0 aliphatic carbocycles. The summed E-state index contributed by atoms with van der Waals surface area (Å²) < 4.78 is 5.42. The van der Waals surface area contributed by atoms with E-state index in [0.29, 0.717) is 19.0 Å². The summed E-state index contributed by atoms with van der Waals surface area (Å²) in [5.41, 5.74) is 2.29. The monoisotopic (exact) mass is 312 g/mol. The number of hydrogen-bond donors (Lipinski definition) is 2. The molecule has 2 rings (SSSR count). The Balaban J connectivity index is 1.96. The van der Waals surface area contributed by atoms with Crippen molar-refractivity contribution in [3.8, 4) is 5.88 Å². The fourth-order valence-corrected chi connectivity index (χ4v) is 2.07. The van der Waals surface area contributed by atoms with E-state index in [9.17, 15) is 0 Å². The molecule has 1 aromatic heterocycles. The van der Waals surface area contributed by atoms with Crippen LogP contribution in [0, 0.1) is 0 Å². The molecule has 0 spiro atoms. The highest BCUT2D eigenvalue weighted by Gasteiger charge is 2.00. The van der Waals surface area contributed by atoms with Crippen molar-refractivity contribution in [1.29, 1.82) is 0 Å². The lowest BCUT2D eigenvalue weighted by molar-refractivity contribution is 0.326. The third-order valence-corrected chi connectivity index (χ3v) is 3.16. The normalized spacial score (nSPS) is 11.1. The zero-order chi connectivity index (χ0) is 16.3. The molecule has 0 fully saturated rings. The van der Waals surface area contributed by atoms with Gasteiger partial charge in [-0.2, -0.15) is 0 Å². The van der Waals surface area contributed by atoms with E-state index in [-0.39, 0.29) is 0 Å². The molecule has 0 atom stereocenters. The van der Waals surface area contributed by atoms with Crippen molar-refractivity contribution in [3.05, 3.63) is 59.8 Å². The quantitative estimate of drug-likeness (QED) is 0.610. The molecule has 0 saturated heterocycles. The predicted molar refractivity (Wildman–Crippen MR) is 93.5 cm³/mol. The van der Waals surface area contributed by atoms with Gasteiger partial charge >= 0.3 is 0 Å². The number of aliphatic imine (C=N–C) groups is 1. The first-order valence-electron chi connectivity index (χ1n) is 7.95. The molecule has 0 saturated carbocycles. The summed E-state index contributed by atoms with van der Waals surface area (Å²) in [7, 11) is 0. The lowest BCUT2D eigenvalue weighted by atomic mass is 10.2.